The van der Waals surface area contributed by atoms with Crippen molar-refractivity contribution in [2.45, 2.75) is 6.54 Å². The summed E-state index contributed by atoms with van der Waals surface area (Å²) in [5, 5.41) is 4.23. The lowest BCUT2D eigenvalue weighted by Crippen LogP contribution is -2.03. The van der Waals surface area contributed by atoms with E-state index in [1.807, 2.05) is 17.7 Å². The second kappa shape index (κ2) is 3.63. The van der Waals surface area contributed by atoms with E-state index < -0.39 is 0 Å². The van der Waals surface area contributed by atoms with Crippen molar-refractivity contribution in [3.8, 4) is 5.82 Å². The van der Waals surface area contributed by atoms with Gasteiger partial charge in [0.2, 0.25) is 0 Å². The van der Waals surface area contributed by atoms with Crippen LogP contribution in [-0.2, 0) is 13.6 Å². The zero-order chi connectivity index (χ0) is 11.8. The van der Waals surface area contributed by atoms with E-state index in [0.717, 1.165) is 11.0 Å². The molecule has 0 aliphatic rings. The van der Waals surface area contributed by atoms with Gasteiger partial charge in [0.1, 0.15) is 11.8 Å². The topological polar surface area (TPSA) is 87.4 Å². The lowest BCUT2D eigenvalue weighted by molar-refractivity contribution is 0.813. The van der Waals surface area contributed by atoms with Gasteiger partial charge in [0.25, 0.3) is 0 Å². The number of aromatic nitrogens is 6. The van der Waals surface area contributed by atoms with Crippen molar-refractivity contribution in [3.63, 3.8) is 0 Å². The summed E-state index contributed by atoms with van der Waals surface area (Å²) in [6, 6.07) is 1.91. The van der Waals surface area contributed by atoms with Crippen LogP contribution in [0.15, 0.2) is 24.9 Å². The largest absolute Gasteiger partial charge is 0.334 e. The minimum atomic E-state index is 0.311. The maximum absolute atomic E-state index is 5.48. The molecule has 0 aliphatic carbocycles. The summed E-state index contributed by atoms with van der Waals surface area (Å²) in [4.78, 5) is 12.7. The van der Waals surface area contributed by atoms with Crippen LogP contribution in [0.4, 0.5) is 0 Å². The van der Waals surface area contributed by atoms with Gasteiger partial charge in [-0.3, -0.25) is 0 Å². The van der Waals surface area contributed by atoms with Gasteiger partial charge in [0.15, 0.2) is 11.6 Å². The fourth-order valence-electron chi connectivity index (χ4n) is 1.71. The molecule has 0 radical (unpaired) electrons. The predicted octanol–water partition coefficient (Wildman–Crippen LogP) is 0.00770. The van der Waals surface area contributed by atoms with Gasteiger partial charge in [-0.1, -0.05) is 0 Å². The summed E-state index contributed by atoms with van der Waals surface area (Å²) >= 11 is 0. The number of pyridine rings is 1. The maximum Gasteiger partial charge on any atom is 0.183 e. The normalized spacial score (nSPS) is 11.2. The summed E-state index contributed by atoms with van der Waals surface area (Å²) in [7, 11) is 1.94. The highest BCUT2D eigenvalue weighted by atomic mass is 15.4. The number of fused-ring (bicyclic) bond motifs is 1. The van der Waals surface area contributed by atoms with Crippen molar-refractivity contribution in [2.75, 3.05) is 0 Å². The average molecular weight is 229 g/mol. The summed E-state index contributed by atoms with van der Waals surface area (Å²) in [5.74, 6) is 1.25. The molecule has 86 valence electrons. The Morgan fingerprint density at radius 1 is 1.24 bits per heavy atom. The van der Waals surface area contributed by atoms with Gasteiger partial charge in [-0.25, -0.2) is 19.6 Å². The van der Waals surface area contributed by atoms with Crippen LogP contribution in [0.5, 0.6) is 0 Å². The molecular weight excluding hydrogens is 218 g/mol. The van der Waals surface area contributed by atoms with Gasteiger partial charge in [-0.2, -0.15) is 0 Å². The SMILES string of the molecule is Cn1cnc2c(-n3cnc(CN)n3)nccc21. The lowest BCUT2D eigenvalue weighted by atomic mass is 10.4. The van der Waals surface area contributed by atoms with E-state index >= 15 is 0 Å². The van der Waals surface area contributed by atoms with Gasteiger partial charge in [0, 0.05) is 13.2 Å². The third-order valence-electron chi connectivity index (χ3n) is 2.56. The fourth-order valence-corrected chi connectivity index (χ4v) is 1.71. The van der Waals surface area contributed by atoms with E-state index in [-0.39, 0.29) is 0 Å². The predicted molar refractivity (Wildman–Crippen MR) is 61.3 cm³/mol. The Morgan fingerprint density at radius 3 is 2.88 bits per heavy atom. The minimum Gasteiger partial charge on any atom is -0.334 e. The fraction of sp³-hybridized carbons (Fsp3) is 0.200. The van der Waals surface area contributed by atoms with E-state index in [4.69, 9.17) is 5.73 Å². The van der Waals surface area contributed by atoms with Crippen LogP contribution in [-0.4, -0.2) is 29.3 Å². The zero-order valence-corrected chi connectivity index (χ0v) is 9.28. The Hall–Kier alpha value is -2.28. The maximum atomic E-state index is 5.48. The monoisotopic (exact) mass is 229 g/mol. The third kappa shape index (κ3) is 1.48. The van der Waals surface area contributed by atoms with Crippen LogP contribution < -0.4 is 5.73 Å². The van der Waals surface area contributed by atoms with Crippen LogP contribution in [0.2, 0.25) is 0 Å². The van der Waals surface area contributed by atoms with Crippen molar-refractivity contribution in [1.29, 1.82) is 0 Å². The smallest absolute Gasteiger partial charge is 0.183 e. The molecule has 17 heavy (non-hydrogen) atoms. The molecule has 0 aromatic carbocycles. The zero-order valence-electron chi connectivity index (χ0n) is 9.28. The van der Waals surface area contributed by atoms with E-state index in [0.29, 0.717) is 18.2 Å². The molecule has 0 bridgehead atoms. The first-order valence-electron chi connectivity index (χ1n) is 5.16. The van der Waals surface area contributed by atoms with Crippen molar-refractivity contribution in [3.05, 3.63) is 30.7 Å². The second-order valence-corrected chi connectivity index (χ2v) is 3.67. The molecule has 0 atom stereocenters. The Labute approximate surface area is 96.9 Å². The summed E-state index contributed by atoms with van der Waals surface area (Å²) in [6.07, 6.45) is 5.07. The number of imidazole rings is 1. The quantitative estimate of drug-likeness (QED) is 0.668. The Morgan fingerprint density at radius 2 is 2.12 bits per heavy atom. The van der Waals surface area contributed by atoms with Crippen molar-refractivity contribution >= 4 is 11.0 Å². The van der Waals surface area contributed by atoms with E-state index in [1.54, 1.807) is 23.5 Å². The molecule has 0 unspecified atom stereocenters. The van der Waals surface area contributed by atoms with Gasteiger partial charge in [-0.05, 0) is 6.07 Å². The molecule has 3 aromatic rings. The molecule has 0 aliphatic heterocycles. The molecule has 3 heterocycles. The van der Waals surface area contributed by atoms with Crippen LogP contribution in [0.1, 0.15) is 5.82 Å². The molecule has 0 spiro atoms. The number of rotatable bonds is 2. The molecule has 0 saturated heterocycles. The minimum absolute atomic E-state index is 0.311. The first-order valence-corrected chi connectivity index (χ1v) is 5.16. The Bertz CT molecular complexity index is 666. The summed E-state index contributed by atoms with van der Waals surface area (Å²) in [6.45, 7) is 0.311. The van der Waals surface area contributed by atoms with Crippen LogP contribution >= 0.6 is 0 Å². The molecule has 7 heteroatoms. The molecule has 0 fully saturated rings. The van der Waals surface area contributed by atoms with Gasteiger partial charge in [-0.15, -0.1) is 5.10 Å². The summed E-state index contributed by atoms with van der Waals surface area (Å²) in [5.41, 5.74) is 7.27. The van der Waals surface area contributed by atoms with Gasteiger partial charge < -0.3 is 10.3 Å². The van der Waals surface area contributed by atoms with E-state index in [2.05, 4.69) is 20.1 Å². The first kappa shape index (κ1) is 9.91. The van der Waals surface area contributed by atoms with E-state index in [1.165, 1.54) is 0 Å². The van der Waals surface area contributed by atoms with Crippen molar-refractivity contribution in [2.24, 2.45) is 12.8 Å². The highest BCUT2D eigenvalue weighted by molar-refractivity contribution is 5.81. The Kier molecular flexibility index (Phi) is 2.12. The Balaban J connectivity index is 2.23. The number of aryl methyl sites for hydroxylation is 1. The molecular formula is C10H11N7. The molecule has 2 N–H and O–H groups in total. The molecule has 7 nitrogen and oxygen atoms in total. The van der Waals surface area contributed by atoms with Crippen molar-refractivity contribution < 1.29 is 0 Å². The molecule has 3 aromatic heterocycles. The van der Waals surface area contributed by atoms with Crippen molar-refractivity contribution in [1.82, 2.24) is 29.3 Å². The van der Waals surface area contributed by atoms with Crippen LogP contribution in [0, 0.1) is 0 Å². The standard InChI is InChI=1S/C10H11N7/c1-16-5-14-9-7(16)2-3-12-10(9)17-6-13-8(4-11)15-17/h2-3,5-6H,4,11H2,1H3. The summed E-state index contributed by atoms with van der Waals surface area (Å²) < 4.78 is 3.53. The highest BCUT2D eigenvalue weighted by Gasteiger charge is 2.10. The molecule has 0 saturated carbocycles. The van der Waals surface area contributed by atoms with E-state index in [9.17, 15) is 0 Å². The molecule has 0 amide bonds. The van der Waals surface area contributed by atoms with Gasteiger partial charge >= 0.3 is 0 Å². The van der Waals surface area contributed by atoms with Crippen LogP contribution in [0.25, 0.3) is 16.9 Å². The number of nitrogens with zero attached hydrogens (tertiary/aromatic N) is 6. The number of nitrogens with two attached hydrogens (primary N) is 1. The highest BCUT2D eigenvalue weighted by Crippen LogP contribution is 2.16. The molecule has 3 rings (SSSR count). The number of hydrogen-bond acceptors (Lipinski definition) is 5. The number of hydrogen-bond donors (Lipinski definition) is 1. The first-order chi connectivity index (χ1) is 8.29. The second-order valence-electron chi connectivity index (χ2n) is 3.67. The third-order valence-corrected chi connectivity index (χ3v) is 2.56. The van der Waals surface area contributed by atoms with Gasteiger partial charge in [0.05, 0.1) is 18.4 Å². The van der Waals surface area contributed by atoms with Crippen LogP contribution in [0.3, 0.4) is 0 Å². The lowest BCUT2D eigenvalue weighted by Gasteiger charge is -2.00. The average Bonchev–Trinajstić information content (AvgIpc) is 2.96.